The Kier molecular flexibility index (Phi) is 6.46. The molecule has 6 heteroatoms. The number of likely N-dealkylation sites (N-methyl/N-ethyl adjacent to an activating group) is 1. The number of carbonyl (C=O) groups is 1. The van der Waals surface area contributed by atoms with Gasteiger partial charge in [0.1, 0.15) is 17.2 Å². The minimum Gasteiger partial charge on any atom is -0.493 e. The monoisotopic (exact) mass is 438 g/mol. The van der Waals surface area contributed by atoms with Crippen molar-refractivity contribution in [1.82, 2.24) is 9.80 Å². The average molecular weight is 439 g/mol. The van der Waals surface area contributed by atoms with Gasteiger partial charge in [0.2, 0.25) is 0 Å². The maximum Gasteiger partial charge on any atom is 0.277 e. The first-order valence-corrected chi connectivity index (χ1v) is 11.6. The Balaban J connectivity index is 1.80. The number of ether oxygens (including phenoxy) is 2. The summed E-state index contributed by atoms with van der Waals surface area (Å²) in [5.41, 5.74) is 1.53. The van der Waals surface area contributed by atoms with Gasteiger partial charge in [-0.15, -0.1) is 0 Å². The van der Waals surface area contributed by atoms with E-state index < -0.39 is 0 Å². The number of hydrogen-bond acceptors (Lipinski definition) is 4. The van der Waals surface area contributed by atoms with E-state index in [-0.39, 0.29) is 11.9 Å². The van der Waals surface area contributed by atoms with Crippen molar-refractivity contribution in [3.8, 4) is 11.5 Å². The Bertz CT molecular complexity index is 1030. The van der Waals surface area contributed by atoms with Crippen LogP contribution in [0.2, 0.25) is 0 Å². The maximum atomic E-state index is 13.4. The summed E-state index contributed by atoms with van der Waals surface area (Å²) in [7, 11) is 1.88. The number of amides is 1. The van der Waals surface area contributed by atoms with Gasteiger partial charge in [0.15, 0.2) is 5.11 Å². The van der Waals surface area contributed by atoms with Gasteiger partial charge in [-0.3, -0.25) is 9.69 Å². The first-order valence-electron chi connectivity index (χ1n) is 11.2. The van der Waals surface area contributed by atoms with Crippen LogP contribution in [-0.4, -0.2) is 47.1 Å². The van der Waals surface area contributed by atoms with E-state index in [1.807, 2.05) is 67.1 Å². The van der Waals surface area contributed by atoms with Crippen LogP contribution in [0.25, 0.3) is 16.8 Å². The van der Waals surface area contributed by atoms with Crippen LogP contribution in [0.3, 0.4) is 0 Å². The van der Waals surface area contributed by atoms with E-state index in [1.54, 1.807) is 0 Å². The molecule has 164 valence electrons. The van der Waals surface area contributed by atoms with Crippen LogP contribution in [0.4, 0.5) is 0 Å². The van der Waals surface area contributed by atoms with E-state index in [9.17, 15) is 4.79 Å². The number of carbonyl (C=O) groups excluding carboxylic acids is 1. The van der Waals surface area contributed by atoms with Crippen LogP contribution in [0.5, 0.6) is 11.5 Å². The summed E-state index contributed by atoms with van der Waals surface area (Å²) in [6.07, 6.45) is 7.53. The Morgan fingerprint density at radius 2 is 1.74 bits per heavy atom. The average Bonchev–Trinajstić information content (AvgIpc) is 2.99. The third kappa shape index (κ3) is 4.01. The largest absolute Gasteiger partial charge is 0.493 e. The predicted octanol–water partition coefficient (Wildman–Crippen LogP) is 5.37. The highest BCUT2D eigenvalue weighted by Gasteiger charge is 2.40. The van der Waals surface area contributed by atoms with Gasteiger partial charge in [-0.2, -0.15) is 0 Å². The number of benzene rings is 2. The molecule has 0 radical (unpaired) electrons. The molecule has 1 saturated heterocycles. The summed E-state index contributed by atoms with van der Waals surface area (Å²) in [6.45, 7) is 5.09. The number of hydrogen-bond donors (Lipinski definition) is 0. The highest BCUT2D eigenvalue weighted by atomic mass is 32.1. The molecule has 31 heavy (non-hydrogen) atoms. The lowest BCUT2D eigenvalue weighted by Crippen LogP contribution is -2.41. The summed E-state index contributed by atoms with van der Waals surface area (Å²) in [4.78, 5) is 17.1. The molecule has 0 spiro atoms. The number of fused-ring (bicyclic) bond motifs is 1. The molecule has 0 unspecified atom stereocenters. The molecule has 0 atom stereocenters. The lowest BCUT2D eigenvalue weighted by Gasteiger charge is -2.30. The quantitative estimate of drug-likeness (QED) is 0.448. The van der Waals surface area contributed by atoms with Crippen molar-refractivity contribution in [2.45, 2.75) is 52.0 Å². The fourth-order valence-corrected chi connectivity index (χ4v) is 4.97. The lowest BCUT2D eigenvalue weighted by atomic mass is 9.94. The van der Waals surface area contributed by atoms with Gasteiger partial charge in [-0.05, 0) is 62.7 Å². The molecule has 0 N–H and O–H groups in total. The fourth-order valence-electron chi connectivity index (χ4n) is 4.64. The van der Waals surface area contributed by atoms with E-state index in [2.05, 4.69) is 0 Å². The van der Waals surface area contributed by atoms with E-state index >= 15 is 0 Å². The van der Waals surface area contributed by atoms with E-state index in [0.717, 1.165) is 53.5 Å². The van der Waals surface area contributed by atoms with Gasteiger partial charge in [0.05, 0.1) is 13.2 Å². The van der Waals surface area contributed by atoms with E-state index in [4.69, 9.17) is 21.7 Å². The molecule has 2 aliphatic rings. The standard InChI is InChI=1S/C25H30N2O3S/c1-4-29-21-15-14-17(23-19(21)12-9-13-22(23)30-5-2)16-20-24(28)27(25(31)26(20)3)18-10-7-6-8-11-18/h9,12-16,18H,4-8,10-11H2,1-3H3/b20-16-. The number of thiocarbonyl (C=S) groups is 1. The smallest absolute Gasteiger partial charge is 0.277 e. The van der Waals surface area contributed by atoms with Gasteiger partial charge in [0.25, 0.3) is 5.91 Å². The summed E-state index contributed by atoms with van der Waals surface area (Å²) < 4.78 is 11.8. The molecular formula is C25H30N2O3S. The summed E-state index contributed by atoms with van der Waals surface area (Å²) >= 11 is 5.68. The van der Waals surface area contributed by atoms with Gasteiger partial charge in [-0.25, -0.2) is 0 Å². The second-order valence-corrected chi connectivity index (χ2v) is 8.40. The van der Waals surface area contributed by atoms with Crippen molar-refractivity contribution in [3.05, 3.63) is 41.6 Å². The van der Waals surface area contributed by atoms with Gasteiger partial charge in [0, 0.05) is 23.9 Å². The molecule has 1 aliphatic heterocycles. The highest BCUT2D eigenvalue weighted by Crippen LogP contribution is 2.38. The minimum absolute atomic E-state index is 0.00433. The Labute approximate surface area is 189 Å². The molecule has 1 amide bonds. The second-order valence-electron chi connectivity index (χ2n) is 8.04. The van der Waals surface area contributed by atoms with Crippen LogP contribution in [0, 0.1) is 0 Å². The van der Waals surface area contributed by atoms with Gasteiger partial charge in [-0.1, -0.05) is 37.5 Å². The van der Waals surface area contributed by atoms with Crippen molar-refractivity contribution < 1.29 is 14.3 Å². The maximum absolute atomic E-state index is 13.4. The molecule has 1 aliphatic carbocycles. The Hall–Kier alpha value is -2.60. The topological polar surface area (TPSA) is 42.0 Å². The first-order chi connectivity index (χ1) is 15.1. The SMILES string of the molecule is CCOc1ccc(/C=C2/C(=O)N(C3CCCCC3)C(=S)N2C)c2c(OCC)cccc12. The summed E-state index contributed by atoms with van der Waals surface area (Å²) in [5.74, 6) is 1.59. The van der Waals surface area contributed by atoms with Crippen LogP contribution < -0.4 is 9.47 Å². The molecule has 0 aromatic heterocycles. The van der Waals surface area contributed by atoms with Gasteiger partial charge >= 0.3 is 0 Å². The Morgan fingerprint density at radius 1 is 1.03 bits per heavy atom. The van der Waals surface area contributed by atoms with Gasteiger partial charge < -0.3 is 14.4 Å². The van der Waals surface area contributed by atoms with Crippen molar-refractivity contribution in [1.29, 1.82) is 0 Å². The van der Waals surface area contributed by atoms with Crippen molar-refractivity contribution in [2.75, 3.05) is 20.3 Å². The minimum atomic E-state index is -0.00433. The lowest BCUT2D eigenvalue weighted by molar-refractivity contribution is -0.124. The highest BCUT2D eigenvalue weighted by molar-refractivity contribution is 7.80. The number of nitrogens with zero attached hydrogens (tertiary/aromatic N) is 2. The third-order valence-corrected chi connectivity index (χ3v) is 6.59. The van der Waals surface area contributed by atoms with E-state index in [0.29, 0.717) is 24.0 Å². The van der Waals surface area contributed by atoms with Crippen LogP contribution in [0.15, 0.2) is 36.0 Å². The zero-order valence-corrected chi connectivity index (χ0v) is 19.3. The zero-order chi connectivity index (χ0) is 22.0. The molecular weight excluding hydrogens is 408 g/mol. The van der Waals surface area contributed by atoms with Crippen LogP contribution in [-0.2, 0) is 4.79 Å². The summed E-state index contributed by atoms with van der Waals surface area (Å²) in [5, 5.41) is 2.52. The molecule has 1 heterocycles. The molecule has 1 saturated carbocycles. The van der Waals surface area contributed by atoms with Crippen LogP contribution in [0.1, 0.15) is 51.5 Å². The normalized spacial score (nSPS) is 19.0. The second kappa shape index (κ2) is 9.27. The van der Waals surface area contributed by atoms with Crippen molar-refractivity contribution in [2.24, 2.45) is 0 Å². The molecule has 2 fully saturated rings. The molecule has 5 nitrogen and oxygen atoms in total. The Morgan fingerprint density at radius 3 is 2.45 bits per heavy atom. The first kappa shape index (κ1) is 21.6. The van der Waals surface area contributed by atoms with Crippen molar-refractivity contribution >= 4 is 40.1 Å². The van der Waals surface area contributed by atoms with Crippen LogP contribution >= 0.6 is 12.2 Å². The fraction of sp³-hybridized carbons (Fsp3) is 0.440. The predicted molar refractivity (Wildman–Crippen MR) is 128 cm³/mol. The molecule has 4 rings (SSSR count). The molecule has 0 bridgehead atoms. The third-order valence-electron chi connectivity index (χ3n) is 6.12. The summed E-state index contributed by atoms with van der Waals surface area (Å²) in [6, 6.07) is 10.1. The molecule has 2 aromatic rings. The molecule has 2 aromatic carbocycles. The van der Waals surface area contributed by atoms with Crippen molar-refractivity contribution in [3.63, 3.8) is 0 Å². The van der Waals surface area contributed by atoms with E-state index in [1.165, 1.54) is 6.42 Å². The zero-order valence-electron chi connectivity index (χ0n) is 18.5. The number of rotatable bonds is 6.